The molecule has 2 aromatic heterocycles. The normalized spacial score (nSPS) is 10.6. The molecular formula is C24H21ClN4O4S. The van der Waals surface area contributed by atoms with Crippen LogP contribution >= 0.6 is 22.9 Å². The van der Waals surface area contributed by atoms with Gasteiger partial charge in [-0.25, -0.2) is 9.78 Å². The number of pyridine rings is 1. The summed E-state index contributed by atoms with van der Waals surface area (Å²) in [5.41, 5.74) is 7.98. The van der Waals surface area contributed by atoms with Crippen LogP contribution in [0.25, 0.3) is 10.1 Å². The number of carbonyl (C=O) groups excluding carboxylic acids is 2. The van der Waals surface area contributed by atoms with E-state index in [1.54, 1.807) is 55.5 Å². The zero-order chi connectivity index (χ0) is 24.1. The molecule has 4 rings (SSSR count). The third kappa shape index (κ3) is 5.38. The third-order valence-electron chi connectivity index (χ3n) is 4.78. The van der Waals surface area contributed by atoms with E-state index in [1.807, 2.05) is 5.38 Å². The van der Waals surface area contributed by atoms with E-state index in [2.05, 4.69) is 15.6 Å². The molecule has 10 heteroatoms. The number of aromatic nitrogens is 1. The number of anilines is 2. The molecule has 2 heterocycles. The first kappa shape index (κ1) is 23.3. The number of fused-ring (bicyclic) bond motifs is 1. The number of amides is 2. The lowest BCUT2D eigenvalue weighted by molar-refractivity contribution is 0.102. The van der Waals surface area contributed by atoms with Crippen molar-refractivity contribution in [2.24, 2.45) is 0 Å². The minimum Gasteiger partial charge on any atom is -0.489 e. The summed E-state index contributed by atoms with van der Waals surface area (Å²) in [6.45, 7) is 2.44. The first-order chi connectivity index (χ1) is 16.4. The van der Waals surface area contributed by atoms with Gasteiger partial charge in [-0.05, 0) is 54.8 Å². The summed E-state index contributed by atoms with van der Waals surface area (Å²) in [4.78, 5) is 28.6. The summed E-state index contributed by atoms with van der Waals surface area (Å²) >= 11 is 7.27. The molecule has 0 saturated carbocycles. The molecule has 34 heavy (non-hydrogen) atoms. The van der Waals surface area contributed by atoms with E-state index in [1.165, 1.54) is 17.5 Å². The number of hydrogen-bond donors (Lipinski definition) is 3. The largest absolute Gasteiger partial charge is 0.489 e. The monoisotopic (exact) mass is 496 g/mol. The van der Waals surface area contributed by atoms with E-state index in [0.717, 1.165) is 5.56 Å². The van der Waals surface area contributed by atoms with Crippen molar-refractivity contribution < 1.29 is 19.1 Å². The third-order valence-corrected chi connectivity index (χ3v) is 6.08. The minimum absolute atomic E-state index is 0.193. The van der Waals surface area contributed by atoms with Crippen molar-refractivity contribution in [3.05, 3.63) is 76.3 Å². The SMILES string of the molecule is CCNC(=O)Oc1cnc(N)c2c(COc3cccc(C(=O)Nc4ccc(Cl)cc4)c3)csc12. The number of thiophene rings is 1. The molecule has 0 radical (unpaired) electrons. The van der Waals surface area contributed by atoms with Crippen molar-refractivity contribution in [1.82, 2.24) is 10.3 Å². The molecule has 2 aromatic carbocycles. The molecule has 8 nitrogen and oxygen atoms in total. The fraction of sp³-hybridized carbons (Fsp3) is 0.125. The van der Waals surface area contributed by atoms with Crippen molar-refractivity contribution >= 4 is 56.5 Å². The van der Waals surface area contributed by atoms with E-state index in [4.69, 9.17) is 26.8 Å². The molecular weight excluding hydrogens is 476 g/mol. The summed E-state index contributed by atoms with van der Waals surface area (Å²) < 4.78 is 12.0. The molecule has 4 N–H and O–H groups in total. The van der Waals surface area contributed by atoms with Crippen LogP contribution in [0.15, 0.2) is 60.1 Å². The lowest BCUT2D eigenvalue weighted by Gasteiger charge is -2.10. The summed E-state index contributed by atoms with van der Waals surface area (Å²) in [7, 11) is 0. The van der Waals surface area contributed by atoms with Crippen LogP contribution in [0.5, 0.6) is 11.5 Å². The average molecular weight is 497 g/mol. The molecule has 4 aromatic rings. The highest BCUT2D eigenvalue weighted by molar-refractivity contribution is 7.17. The predicted molar refractivity (Wildman–Crippen MR) is 134 cm³/mol. The Labute approximate surface area is 204 Å². The Morgan fingerprint density at radius 2 is 1.97 bits per heavy atom. The zero-order valence-electron chi connectivity index (χ0n) is 18.1. The van der Waals surface area contributed by atoms with Crippen LogP contribution in [0, 0.1) is 0 Å². The van der Waals surface area contributed by atoms with Crippen LogP contribution in [0.1, 0.15) is 22.8 Å². The Bertz CT molecular complexity index is 1340. The topological polar surface area (TPSA) is 116 Å². The highest BCUT2D eigenvalue weighted by Crippen LogP contribution is 2.37. The van der Waals surface area contributed by atoms with Crippen molar-refractivity contribution in [1.29, 1.82) is 0 Å². The molecule has 2 amide bonds. The molecule has 0 saturated heterocycles. The van der Waals surface area contributed by atoms with Crippen molar-refractivity contribution in [2.45, 2.75) is 13.5 Å². The summed E-state index contributed by atoms with van der Waals surface area (Å²) in [5, 5.41) is 8.54. The maximum Gasteiger partial charge on any atom is 0.412 e. The molecule has 0 aliphatic carbocycles. The van der Waals surface area contributed by atoms with Crippen LogP contribution in [0.4, 0.5) is 16.3 Å². The van der Waals surface area contributed by atoms with Gasteiger partial charge in [0.25, 0.3) is 5.91 Å². The second kappa shape index (κ2) is 10.4. The number of halogens is 1. The van der Waals surface area contributed by atoms with Gasteiger partial charge < -0.3 is 25.8 Å². The minimum atomic E-state index is -0.560. The highest BCUT2D eigenvalue weighted by Gasteiger charge is 2.16. The van der Waals surface area contributed by atoms with Gasteiger partial charge in [-0.15, -0.1) is 11.3 Å². The Morgan fingerprint density at radius 3 is 2.74 bits per heavy atom. The fourth-order valence-corrected chi connectivity index (χ4v) is 4.33. The maximum absolute atomic E-state index is 12.6. The number of hydrogen-bond acceptors (Lipinski definition) is 7. The molecule has 0 spiro atoms. The quantitative estimate of drug-likeness (QED) is 0.312. The summed E-state index contributed by atoms with van der Waals surface area (Å²) in [5.74, 6) is 0.889. The zero-order valence-corrected chi connectivity index (χ0v) is 19.7. The van der Waals surface area contributed by atoms with E-state index in [9.17, 15) is 9.59 Å². The summed E-state index contributed by atoms with van der Waals surface area (Å²) in [6, 6.07) is 13.7. The number of nitrogen functional groups attached to an aromatic ring is 1. The van der Waals surface area contributed by atoms with Gasteiger partial charge in [0.15, 0.2) is 5.75 Å². The first-order valence-corrected chi connectivity index (χ1v) is 11.6. The molecule has 0 unspecified atom stereocenters. The van der Waals surface area contributed by atoms with Crippen molar-refractivity contribution in [3.8, 4) is 11.5 Å². The second-order valence-corrected chi connectivity index (χ2v) is 8.49. The van der Waals surface area contributed by atoms with Gasteiger partial charge in [-0.1, -0.05) is 17.7 Å². The number of nitrogens with two attached hydrogens (primary N) is 1. The van der Waals surface area contributed by atoms with Gasteiger partial charge in [0, 0.05) is 33.8 Å². The van der Waals surface area contributed by atoms with Crippen LogP contribution in [0.3, 0.4) is 0 Å². The predicted octanol–water partition coefficient (Wildman–Crippen LogP) is 5.47. The molecule has 0 atom stereocenters. The second-order valence-electron chi connectivity index (χ2n) is 7.17. The molecule has 0 aliphatic rings. The molecule has 0 fully saturated rings. The van der Waals surface area contributed by atoms with E-state index < -0.39 is 6.09 Å². The number of benzene rings is 2. The van der Waals surface area contributed by atoms with E-state index >= 15 is 0 Å². The van der Waals surface area contributed by atoms with Crippen LogP contribution in [-0.2, 0) is 6.61 Å². The van der Waals surface area contributed by atoms with Crippen molar-refractivity contribution in [2.75, 3.05) is 17.6 Å². The Morgan fingerprint density at radius 1 is 1.18 bits per heavy atom. The highest BCUT2D eigenvalue weighted by atomic mass is 35.5. The number of rotatable bonds is 7. The van der Waals surface area contributed by atoms with Crippen LogP contribution in [-0.4, -0.2) is 23.5 Å². The van der Waals surface area contributed by atoms with E-state index in [-0.39, 0.29) is 12.5 Å². The number of nitrogens with zero attached hydrogens (tertiary/aromatic N) is 1. The smallest absolute Gasteiger partial charge is 0.412 e. The van der Waals surface area contributed by atoms with Crippen molar-refractivity contribution in [3.63, 3.8) is 0 Å². The van der Waals surface area contributed by atoms with Gasteiger partial charge in [-0.2, -0.15) is 0 Å². The number of carbonyl (C=O) groups is 2. The van der Waals surface area contributed by atoms with Crippen LogP contribution < -0.4 is 25.8 Å². The Balaban J connectivity index is 1.48. The Hall–Kier alpha value is -3.82. The van der Waals surface area contributed by atoms with Gasteiger partial charge in [0.05, 0.1) is 10.9 Å². The standard InChI is InChI=1S/C24H21ClN4O4S/c1-2-27-24(31)33-19-11-28-22(26)20-15(13-34-21(19)20)12-32-18-5-3-4-14(10-18)23(30)29-17-8-6-16(25)7-9-17/h3-11,13H,2,12H2,1H3,(H2,26,28)(H,27,31)(H,29,30). The summed E-state index contributed by atoms with van der Waals surface area (Å²) in [6.07, 6.45) is 0.867. The fourth-order valence-electron chi connectivity index (χ4n) is 3.19. The van der Waals surface area contributed by atoms with Gasteiger partial charge in [0.2, 0.25) is 0 Å². The number of nitrogens with one attached hydrogen (secondary N) is 2. The first-order valence-electron chi connectivity index (χ1n) is 10.3. The lowest BCUT2D eigenvalue weighted by Crippen LogP contribution is -2.26. The molecule has 174 valence electrons. The van der Waals surface area contributed by atoms with Gasteiger partial charge in [0.1, 0.15) is 18.2 Å². The van der Waals surface area contributed by atoms with Gasteiger partial charge >= 0.3 is 6.09 Å². The van der Waals surface area contributed by atoms with E-state index in [0.29, 0.717) is 50.2 Å². The maximum atomic E-state index is 12.6. The Kier molecular flexibility index (Phi) is 7.15. The molecule has 0 bridgehead atoms. The number of ether oxygens (including phenoxy) is 2. The van der Waals surface area contributed by atoms with Gasteiger partial charge in [-0.3, -0.25) is 4.79 Å². The van der Waals surface area contributed by atoms with Crippen LogP contribution in [0.2, 0.25) is 5.02 Å². The average Bonchev–Trinajstić information content (AvgIpc) is 3.27. The lowest BCUT2D eigenvalue weighted by atomic mass is 10.2. The molecule has 0 aliphatic heterocycles.